The van der Waals surface area contributed by atoms with Crippen LogP contribution in [0, 0.1) is 0 Å². The van der Waals surface area contributed by atoms with Crippen molar-refractivity contribution in [2.75, 3.05) is 27.0 Å². The van der Waals surface area contributed by atoms with Crippen LogP contribution in [0.1, 0.15) is 11.4 Å². The maximum Gasteiger partial charge on any atom is 0.451 e. The van der Waals surface area contributed by atoms with Crippen LogP contribution in [-0.4, -0.2) is 47.8 Å². The second-order valence-corrected chi connectivity index (χ2v) is 7.52. The molecule has 0 radical (unpaired) electrons. The summed E-state index contributed by atoms with van der Waals surface area (Å²) in [6.45, 7) is 0.248. The van der Waals surface area contributed by atoms with E-state index < -0.39 is 12.0 Å². The van der Waals surface area contributed by atoms with E-state index in [1.807, 2.05) is 6.07 Å². The van der Waals surface area contributed by atoms with E-state index in [1.165, 1.54) is 25.2 Å². The minimum Gasteiger partial charge on any atom is -0.493 e. The monoisotopic (exact) mass is 451 g/mol. The molecule has 2 aromatic carbocycles. The maximum atomic E-state index is 13.2. The van der Waals surface area contributed by atoms with Crippen molar-refractivity contribution in [1.29, 1.82) is 0 Å². The lowest BCUT2D eigenvalue weighted by atomic mass is 10.1. The smallest absolute Gasteiger partial charge is 0.451 e. The van der Waals surface area contributed by atoms with Gasteiger partial charge in [-0.25, -0.2) is 9.97 Å². The molecule has 0 bridgehead atoms. The first kappa shape index (κ1) is 22.7. The van der Waals surface area contributed by atoms with Gasteiger partial charge in [-0.1, -0.05) is 42.1 Å². The number of thioether (sulfide) groups is 1. The molecule has 3 rings (SSSR count). The fraction of sp³-hybridized carbons (Fsp3) is 0.286. The topological polar surface area (TPSA) is 64.5 Å². The number of amides is 1. The Bertz CT molecular complexity index is 1090. The Kier molecular flexibility index (Phi) is 6.89. The number of para-hydroxylation sites is 2. The minimum absolute atomic E-state index is 0.0823. The average molecular weight is 451 g/mol. The molecule has 0 aliphatic rings. The zero-order chi connectivity index (χ0) is 22.6. The SMILES string of the molecule is COc1cccc(CN(C)C(=O)CSc2nc(C(F)(F)F)nc3ccccc23)c1OC. The number of alkyl halides is 3. The number of carbonyl (C=O) groups excluding carboxylic acids is 1. The van der Waals surface area contributed by atoms with Gasteiger partial charge in [0, 0.05) is 24.5 Å². The normalized spacial score (nSPS) is 11.4. The number of methoxy groups -OCH3 is 2. The zero-order valence-electron chi connectivity index (χ0n) is 17.1. The van der Waals surface area contributed by atoms with E-state index in [0.29, 0.717) is 16.9 Å². The summed E-state index contributed by atoms with van der Waals surface area (Å²) < 4.78 is 50.1. The molecule has 3 aromatic rings. The number of rotatable bonds is 7. The van der Waals surface area contributed by atoms with Crippen LogP contribution in [0.2, 0.25) is 0 Å². The van der Waals surface area contributed by atoms with E-state index in [0.717, 1.165) is 17.3 Å². The highest BCUT2D eigenvalue weighted by Gasteiger charge is 2.35. The van der Waals surface area contributed by atoms with Crippen molar-refractivity contribution in [1.82, 2.24) is 14.9 Å². The summed E-state index contributed by atoms with van der Waals surface area (Å²) in [4.78, 5) is 21.4. The van der Waals surface area contributed by atoms with Gasteiger partial charge in [-0.3, -0.25) is 4.79 Å². The minimum atomic E-state index is -4.68. The van der Waals surface area contributed by atoms with Gasteiger partial charge in [0.1, 0.15) is 5.03 Å². The quantitative estimate of drug-likeness (QED) is 0.392. The molecule has 1 heterocycles. The van der Waals surface area contributed by atoms with Gasteiger partial charge in [0.25, 0.3) is 0 Å². The van der Waals surface area contributed by atoms with Gasteiger partial charge in [0.2, 0.25) is 11.7 Å². The zero-order valence-corrected chi connectivity index (χ0v) is 17.9. The molecule has 0 N–H and O–H groups in total. The highest BCUT2D eigenvalue weighted by molar-refractivity contribution is 8.00. The molecular weight excluding hydrogens is 431 g/mol. The number of hydrogen-bond donors (Lipinski definition) is 0. The Morgan fingerprint density at radius 1 is 1.06 bits per heavy atom. The third-order valence-electron chi connectivity index (χ3n) is 4.47. The van der Waals surface area contributed by atoms with Crippen LogP contribution in [0.3, 0.4) is 0 Å². The number of halogens is 3. The molecule has 0 saturated heterocycles. The Hall–Kier alpha value is -3.01. The van der Waals surface area contributed by atoms with Crippen molar-refractivity contribution in [2.45, 2.75) is 17.7 Å². The highest BCUT2D eigenvalue weighted by atomic mass is 32.2. The number of aromatic nitrogens is 2. The van der Waals surface area contributed by atoms with Gasteiger partial charge >= 0.3 is 6.18 Å². The molecule has 1 aromatic heterocycles. The number of benzene rings is 2. The van der Waals surface area contributed by atoms with Crippen LogP contribution >= 0.6 is 11.8 Å². The highest BCUT2D eigenvalue weighted by Crippen LogP contribution is 2.33. The molecule has 0 fully saturated rings. The van der Waals surface area contributed by atoms with E-state index in [9.17, 15) is 18.0 Å². The number of fused-ring (bicyclic) bond motifs is 1. The predicted octanol–water partition coefficient (Wildman–Crippen LogP) is 4.42. The van der Waals surface area contributed by atoms with Gasteiger partial charge in [-0.05, 0) is 12.1 Å². The molecule has 1 amide bonds. The van der Waals surface area contributed by atoms with Crippen molar-refractivity contribution >= 4 is 28.6 Å². The Morgan fingerprint density at radius 3 is 2.48 bits per heavy atom. The summed E-state index contributed by atoms with van der Waals surface area (Å²) in [5.41, 5.74) is 0.920. The summed E-state index contributed by atoms with van der Waals surface area (Å²) in [5.74, 6) is -0.515. The summed E-state index contributed by atoms with van der Waals surface area (Å²) in [5, 5.41) is 0.573. The molecule has 6 nitrogen and oxygen atoms in total. The van der Waals surface area contributed by atoms with Crippen LogP contribution in [0.5, 0.6) is 11.5 Å². The Labute approximate surface area is 181 Å². The third-order valence-corrected chi connectivity index (χ3v) is 5.45. The van der Waals surface area contributed by atoms with Crippen molar-refractivity contribution in [3.63, 3.8) is 0 Å². The van der Waals surface area contributed by atoms with E-state index >= 15 is 0 Å². The van der Waals surface area contributed by atoms with Crippen LogP contribution in [0.4, 0.5) is 13.2 Å². The lowest BCUT2D eigenvalue weighted by Crippen LogP contribution is -2.28. The van der Waals surface area contributed by atoms with Gasteiger partial charge in [0.05, 0.1) is 25.5 Å². The molecule has 0 unspecified atom stereocenters. The molecular formula is C21H20F3N3O3S. The van der Waals surface area contributed by atoms with E-state index in [2.05, 4.69) is 9.97 Å². The molecule has 0 spiro atoms. The van der Waals surface area contributed by atoms with Crippen LogP contribution in [0.25, 0.3) is 10.9 Å². The maximum absolute atomic E-state index is 13.2. The fourth-order valence-corrected chi connectivity index (χ4v) is 3.91. The van der Waals surface area contributed by atoms with Gasteiger partial charge in [0.15, 0.2) is 11.5 Å². The predicted molar refractivity (Wildman–Crippen MR) is 111 cm³/mol. The third kappa shape index (κ3) is 5.19. The van der Waals surface area contributed by atoms with Crippen LogP contribution in [-0.2, 0) is 17.5 Å². The van der Waals surface area contributed by atoms with Gasteiger partial charge in [-0.2, -0.15) is 13.2 Å². The van der Waals surface area contributed by atoms with Gasteiger partial charge < -0.3 is 14.4 Å². The molecule has 0 saturated carbocycles. The summed E-state index contributed by atoms with van der Waals surface area (Å²) >= 11 is 0.947. The Balaban J connectivity index is 1.77. The van der Waals surface area contributed by atoms with Crippen LogP contribution < -0.4 is 9.47 Å². The number of carbonyl (C=O) groups is 1. The van der Waals surface area contributed by atoms with Crippen molar-refractivity contribution in [3.05, 3.63) is 53.9 Å². The van der Waals surface area contributed by atoms with E-state index in [-0.39, 0.29) is 28.7 Å². The standard InChI is InChI=1S/C21H20F3N3O3S/c1-27(11-13-7-6-10-16(29-2)18(13)30-3)17(28)12-31-19-14-8-4-5-9-15(14)25-20(26-19)21(22,23)24/h4-10H,11-12H2,1-3H3. The summed E-state index contributed by atoms with van der Waals surface area (Å²) in [7, 11) is 4.65. The number of hydrogen-bond acceptors (Lipinski definition) is 6. The summed E-state index contributed by atoms with van der Waals surface area (Å²) in [6.07, 6.45) is -4.68. The first-order valence-corrected chi connectivity index (χ1v) is 10.1. The molecule has 164 valence electrons. The first-order valence-electron chi connectivity index (χ1n) is 9.15. The van der Waals surface area contributed by atoms with Crippen molar-refractivity contribution in [3.8, 4) is 11.5 Å². The second kappa shape index (κ2) is 9.42. The van der Waals surface area contributed by atoms with E-state index in [4.69, 9.17) is 9.47 Å². The van der Waals surface area contributed by atoms with E-state index in [1.54, 1.807) is 37.4 Å². The van der Waals surface area contributed by atoms with Crippen molar-refractivity contribution in [2.24, 2.45) is 0 Å². The largest absolute Gasteiger partial charge is 0.493 e. The van der Waals surface area contributed by atoms with Crippen molar-refractivity contribution < 1.29 is 27.4 Å². The molecule has 0 aliphatic carbocycles. The number of ether oxygens (including phenoxy) is 2. The fourth-order valence-electron chi connectivity index (χ4n) is 2.95. The second-order valence-electron chi connectivity index (χ2n) is 6.56. The molecule has 0 atom stereocenters. The van der Waals surface area contributed by atoms with Gasteiger partial charge in [-0.15, -0.1) is 0 Å². The Morgan fingerprint density at radius 2 is 1.81 bits per heavy atom. The molecule has 0 aliphatic heterocycles. The lowest BCUT2D eigenvalue weighted by molar-refractivity contribution is -0.145. The average Bonchev–Trinajstić information content (AvgIpc) is 2.76. The first-order chi connectivity index (χ1) is 14.7. The lowest BCUT2D eigenvalue weighted by Gasteiger charge is -2.20. The molecule has 31 heavy (non-hydrogen) atoms. The summed E-state index contributed by atoms with van der Waals surface area (Å²) in [6, 6.07) is 11.8. The van der Waals surface area contributed by atoms with Crippen LogP contribution in [0.15, 0.2) is 47.5 Å². The molecule has 10 heteroatoms. The number of nitrogens with zero attached hydrogens (tertiary/aromatic N) is 3.